The topological polar surface area (TPSA) is 66.4 Å². The van der Waals surface area contributed by atoms with Crippen LogP contribution in [-0.4, -0.2) is 24.8 Å². The highest BCUT2D eigenvalue weighted by atomic mass is 32.2. The number of fused-ring (bicyclic) bond motifs is 1. The first-order valence-corrected chi connectivity index (χ1v) is 6.30. The highest BCUT2D eigenvalue weighted by molar-refractivity contribution is 7.91. The van der Waals surface area contributed by atoms with Crippen molar-refractivity contribution in [2.75, 3.05) is 11.1 Å². The molecule has 1 heterocycles. The van der Waals surface area contributed by atoms with Gasteiger partial charge in [-0.1, -0.05) is 6.07 Å². The van der Waals surface area contributed by atoms with E-state index in [1.165, 1.54) is 6.07 Å². The van der Waals surface area contributed by atoms with Gasteiger partial charge in [0.15, 0.2) is 9.84 Å². The van der Waals surface area contributed by atoms with Gasteiger partial charge in [-0.05, 0) is 26.0 Å². The maximum Gasteiger partial charge on any atom is 0.186 e. The summed E-state index contributed by atoms with van der Waals surface area (Å²) < 4.78 is 23.8. The monoisotopic (exact) mass is 227 g/mol. The Morgan fingerprint density at radius 3 is 2.73 bits per heavy atom. The molecular formula is C10H13NO3S. The number of rotatable bonds is 0. The Hall–Kier alpha value is -1.23. The second-order valence-corrected chi connectivity index (χ2v) is 6.35. The molecule has 1 aliphatic rings. The van der Waals surface area contributed by atoms with E-state index in [9.17, 15) is 13.5 Å². The van der Waals surface area contributed by atoms with Gasteiger partial charge in [0.25, 0.3) is 0 Å². The molecule has 0 bridgehead atoms. The minimum atomic E-state index is -3.39. The Morgan fingerprint density at radius 2 is 2.07 bits per heavy atom. The van der Waals surface area contributed by atoms with Gasteiger partial charge in [0.2, 0.25) is 0 Å². The number of hydrogen-bond acceptors (Lipinski definition) is 4. The van der Waals surface area contributed by atoms with E-state index in [1.807, 2.05) is 13.8 Å². The summed E-state index contributed by atoms with van der Waals surface area (Å²) >= 11 is 0. The fourth-order valence-electron chi connectivity index (χ4n) is 1.90. The molecule has 0 saturated carbocycles. The Labute approximate surface area is 88.9 Å². The molecule has 0 fully saturated rings. The van der Waals surface area contributed by atoms with Crippen LogP contribution < -0.4 is 5.32 Å². The van der Waals surface area contributed by atoms with Gasteiger partial charge in [0, 0.05) is 5.54 Å². The lowest BCUT2D eigenvalue weighted by atomic mass is 10.1. The van der Waals surface area contributed by atoms with Crippen LogP contribution in [0.4, 0.5) is 5.69 Å². The van der Waals surface area contributed by atoms with E-state index < -0.39 is 15.4 Å². The van der Waals surface area contributed by atoms with Crippen LogP contribution in [0, 0.1) is 0 Å². The van der Waals surface area contributed by atoms with Crippen molar-refractivity contribution in [2.24, 2.45) is 0 Å². The Bertz CT molecular complexity index is 505. The second-order valence-electron chi connectivity index (χ2n) is 4.42. The third-order valence-corrected chi connectivity index (χ3v) is 4.48. The van der Waals surface area contributed by atoms with Gasteiger partial charge in [0.1, 0.15) is 10.6 Å². The molecule has 82 valence electrons. The molecule has 4 nitrogen and oxygen atoms in total. The molecule has 1 aromatic rings. The number of sulfone groups is 1. The van der Waals surface area contributed by atoms with Crippen molar-refractivity contribution < 1.29 is 13.5 Å². The summed E-state index contributed by atoms with van der Waals surface area (Å²) in [7, 11) is -3.39. The van der Waals surface area contributed by atoms with Crippen LogP contribution in [0.2, 0.25) is 0 Å². The molecule has 1 aromatic carbocycles. The van der Waals surface area contributed by atoms with E-state index in [0.717, 1.165) is 0 Å². The lowest BCUT2D eigenvalue weighted by molar-refractivity contribution is 0.455. The first kappa shape index (κ1) is 10.3. The first-order chi connectivity index (χ1) is 6.82. The lowest BCUT2D eigenvalue weighted by Gasteiger charge is -2.33. The molecule has 1 aliphatic heterocycles. The molecule has 0 radical (unpaired) electrons. The number of phenolic OH excluding ortho intramolecular Hbond substituents is 1. The smallest absolute Gasteiger partial charge is 0.186 e. The highest BCUT2D eigenvalue weighted by Crippen LogP contribution is 2.37. The summed E-state index contributed by atoms with van der Waals surface area (Å²) in [6.45, 7) is 3.63. The minimum absolute atomic E-state index is 0.00935. The van der Waals surface area contributed by atoms with Crippen molar-refractivity contribution in [3.8, 4) is 5.75 Å². The van der Waals surface area contributed by atoms with Crippen LogP contribution in [0.3, 0.4) is 0 Å². The maximum atomic E-state index is 11.9. The summed E-state index contributed by atoms with van der Waals surface area (Å²) in [6.07, 6.45) is 0. The molecule has 0 aromatic heterocycles. The van der Waals surface area contributed by atoms with Gasteiger partial charge < -0.3 is 10.4 Å². The number of aromatic hydroxyl groups is 1. The van der Waals surface area contributed by atoms with Crippen LogP contribution in [-0.2, 0) is 9.84 Å². The molecule has 15 heavy (non-hydrogen) atoms. The van der Waals surface area contributed by atoms with Gasteiger partial charge in [-0.3, -0.25) is 0 Å². The molecule has 2 N–H and O–H groups in total. The van der Waals surface area contributed by atoms with Gasteiger partial charge in [0.05, 0.1) is 11.4 Å². The van der Waals surface area contributed by atoms with Crippen molar-refractivity contribution in [1.29, 1.82) is 0 Å². The van der Waals surface area contributed by atoms with Gasteiger partial charge >= 0.3 is 0 Å². The van der Waals surface area contributed by atoms with Crippen molar-refractivity contribution in [1.82, 2.24) is 0 Å². The molecule has 0 saturated heterocycles. The quantitative estimate of drug-likeness (QED) is 0.702. The zero-order valence-corrected chi connectivity index (χ0v) is 9.43. The third-order valence-electron chi connectivity index (χ3n) is 2.33. The average molecular weight is 227 g/mol. The predicted molar refractivity (Wildman–Crippen MR) is 57.9 cm³/mol. The van der Waals surface area contributed by atoms with Crippen LogP contribution >= 0.6 is 0 Å². The summed E-state index contributed by atoms with van der Waals surface area (Å²) in [5.74, 6) is -0.194. The van der Waals surface area contributed by atoms with Crippen LogP contribution in [0.25, 0.3) is 0 Å². The zero-order valence-electron chi connectivity index (χ0n) is 8.61. The van der Waals surface area contributed by atoms with E-state index in [0.29, 0.717) is 5.69 Å². The van der Waals surface area contributed by atoms with Crippen LogP contribution in [0.5, 0.6) is 5.75 Å². The Kier molecular flexibility index (Phi) is 1.98. The maximum absolute atomic E-state index is 11.9. The predicted octanol–water partition coefficient (Wildman–Crippen LogP) is 1.37. The van der Waals surface area contributed by atoms with Crippen LogP contribution in [0.15, 0.2) is 23.1 Å². The number of anilines is 1. The second kappa shape index (κ2) is 2.88. The van der Waals surface area contributed by atoms with Crippen molar-refractivity contribution in [3.63, 3.8) is 0 Å². The summed E-state index contributed by atoms with van der Waals surface area (Å²) in [6, 6.07) is 4.67. The third kappa shape index (κ3) is 1.67. The molecular weight excluding hydrogens is 214 g/mol. The fourth-order valence-corrected chi connectivity index (χ4v) is 3.91. The molecule has 0 amide bonds. The van der Waals surface area contributed by atoms with E-state index in [1.54, 1.807) is 12.1 Å². The average Bonchev–Trinajstić information content (AvgIpc) is 1.97. The molecule has 0 atom stereocenters. The largest absolute Gasteiger partial charge is 0.507 e. The Morgan fingerprint density at radius 1 is 1.40 bits per heavy atom. The fraction of sp³-hybridized carbons (Fsp3) is 0.400. The molecule has 2 rings (SSSR count). The molecule has 0 unspecified atom stereocenters. The number of benzene rings is 1. The zero-order chi connectivity index (χ0) is 11.3. The molecule has 5 heteroatoms. The number of hydrogen-bond donors (Lipinski definition) is 2. The summed E-state index contributed by atoms with van der Waals surface area (Å²) in [4.78, 5) is 0.0179. The van der Waals surface area contributed by atoms with Gasteiger partial charge in [-0.25, -0.2) is 8.42 Å². The highest BCUT2D eigenvalue weighted by Gasteiger charge is 2.36. The summed E-state index contributed by atoms with van der Waals surface area (Å²) in [5, 5.41) is 12.6. The minimum Gasteiger partial charge on any atom is -0.507 e. The van der Waals surface area contributed by atoms with Crippen molar-refractivity contribution in [2.45, 2.75) is 24.3 Å². The number of phenols is 1. The van der Waals surface area contributed by atoms with E-state index in [-0.39, 0.29) is 16.4 Å². The summed E-state index contributed by atoms with van der Waals surface area (Å²) in [5.41, 5.74) is -0.0224. The van der Waals surface area contributed by atoms with Crippen molar-refractivity contribution in [3.05, 3.63) is 18.2 Å². The molecule has 0 spiro atoms. The standard InChI is InChI=1S/C10H13NO3S/c1-10(2)6-15(13,14)9-7(11-10)4-3-5-8(9)12/h3-5,11-12H,6H2,1-2H3. The molecule has 0 aliphatic carbocycles. The first-order valence-electron chi connectivity index (χ1n) is 4.65. The van der Waals surface area contributed by atoms with Crippen molar-refractivity contribution >= 4 is 15.5 Å². The normalized spacial score (nSPS) is 21.5. The van der Waals surface area contributed by atoms with Gasteiger partial charge in [-0.2, -0.15) is 0 Å². The SMILES string of the molecule is CC1(C)CS(=O)(=O)c2c(O)cccc2N1. The Balaban J connectivity index is 2.72. The van der Waals surface area contributed by atoms with Crippen LogP contribution in [0.1, 0.15) is 13.8 Å². The number of nitrogens with one attached hydrogen (secondary N) is 1. The van der Waals surface area contributed by atoms with E-state index >= 15 is 0 Å². The lowest BCUT2D eigenvalue weighted by Crippen LogP contribution is -2.42. The van der Waals surface area contributed by atoms with Gasteiger partial charge in [-0.15, -0.1) is 0 Å². The van der Waals surface area contributed by atoms with E-state index in [4.69, 9.17) is 0 Å². The van der Waals surface area contributed by atoms with E-state index in [2.05, 4.69) is 5.32 Å².